The van der Waals surface area contributed by atoms with Crippen LogP contribution in [0.25, 0.3) is 0 Å². The summed E-state index contributed by atoms with van der Waals surface area (Å²) in [5.41, 5.74) is 0.837. The topological polar surface area (TPSA) is 50.2 Å². The second kappa shape index (κ2) is 4.24. The quantitative estimate of drug-likeness (QED) is 0.617. The first-order valence-corrected chi connectivity index (χ1v) is 4.37. The zero-order chi connectivity index (χ0) is 10.7. The number of halogens is 1. The van der Waals surface area contributed by atoms with E-state index in [4.69, 9.17) is 21.7 Å². The van der Waals surface area contributed by atoms with Crippen LogP contribution >= 0.6 is 11.6 Å². The number of rotatable bonds is 3. The lowest BCUT2D eigenvalue weighted by atomic mass is 10.0. The highest BCUT2D eigenvalue weighted by Gasteiger charge is 2.12. The molecule has 0 aliphatic carbocycles. The Bertz CT molecular complexity index is 388. The zero-order valence-electron chi connectivity index (χ0n) is 7.93. The third-order valence-corrected chi connectivity index (χ3v) is 2.28. The number of carbonyl (C=O) groups is 1. The van der Waals surface area contributed by atoms with Gasteiger partial charge in [-0.25, -0.2) is 0 Å². The van der Waals surface area contributed by atoms with Crippen molar-refractivity contribution in [3.8, 4) is 5.75 Å². The summed E-state index contributed by atoms with van der Waals surface area (Å²) < 4.78 is 4.98. The lowest BCUT2D eigenvalue weighted by molar-refractivity contribution is 0.101. The molecule has 3 nitrogen and oxygen atoms in total. The van der Waals surface area contributed by atoms with Crippen molar-refractivity contribution in [1.82, 2.24) is 0 Å². The van der Waals surface area contributed by atoms with Crippen LogP contribution in [0.3, 0.4) is 0 Å². The van der Waals surface area contributed by atoms with Crippen molar-refractivity contribution in [3.05, 3.63) is 28.3 Å². The number of hydrogen-bond donors (Lipinski definition) is 1. The van der Waals surface area contributed by atoms with Crippen LogP contribution in [-0.2, 0) is 0 Å². The van der Waals surface area contributed by atoms with E-state index in [1.807, 2.05) is 0 Å². The van der Waals surface area contributed by atoms with Gasteiger partial charge in [-0.05, 0) is 19.1 Å². The van der Waals surface area contributed by atoms with Crippen LogP contribution in [0.5, 0.6) is 5.75 Å². The van der Waals surface area contributed by atoms with Gasteiger partial charge in [0, 0.05) is 17.3 Å². The van der Waals surface area contributed by atoms with Gasteiger partial charge in [-0.1, -0.05) is 11.6 Å². The molecule has 4 heteroatoms. The molecule has 0 aromatic heterocycles. The minimum absolute atomic E-state index is 0.118. The minimum Gasteiger partial charge on any atom is -0.495 e. The fourth-order valence-electron chi connectivity index (χ4n) is 1.18. The Kier molecular flexibility index (Phi) is 3.25. The zero-order valence-corrected chi connectivity index (χ0v) is 8.68. The Hall–Kier alpha value is -1.35. The van der Waals surface area contributed by atoms with Crippen LogP contribution in [0.2, 0.25) is 5.02 Å². The monoisotopic (exact) mass is 211 g/mol. The lowest BCUT2D eigenvalue weighted by Crippen LogP contribution is -2.00. The molecular weight excluding hydrogens is 202 g/mol. The van der Waals surface area contributed by atoms with Crippen molar-refractivity contribution in [2.75, 3.05) is 7.11 Å². The predicted molar refractivity (Wildman–Crippen MR) is 55.9 cm³/mol. The van der Waals surface area contributed by atoms with E-state index in [2.05, 4.69) is 0 Å². The number of benzene rings is 1. The summed E-state index contributed by atoms with van der Waals surface area (Å²) >= 11 is 5.93. The summed E-state index contributed by atoms with van der Waals surface area (Å²) in [5.74, 6) is 0.350. The summed E-state index contributed by atoms with van der Waals surface area (Å²) in [7, 11) is 1.49. The number of methoxy groups -OCH3 is 1. The molecule has 1 rings (SSSR count). The van der Waals surface area contributed by atoms with Gasteiger partial charge in [0.25, 0.3) is 0 Å². The highest BCUT2D eigenvalue weighted by molar-refractivity contribution is 6.35. The molecule has 0 spiro atoms. The van der Waals surface area contributed by atoms with E-state index in [9.17, 15) is 4.79 Å². The number of ketones is 1. The van der Waals surface area contributed by atoms with E-state index in [1.165, 1.54) is 14.0 Å². The van der Waals surface area contributed by atoms with Gasteiger partial charge in [0.1, 0.15) is 5.75 Å². The highest BCUT2D eigenvalue weighted by atomic mass is 35.5. The van der Waals surface area contributed by atoms with Crippen LogP contribution in [0.1, 0.15) is 22.8 Å². The normalized spacial score (nSPS) is 9.64. The van der Waals surface area contributed by atoms with E-state index < -0.39 is 0 Å². The molecule has 0 atom stereocenters. The Labute approximate surface area is 87.2 Å². The molecule has 0 aliphatic rings. The maximum Gasteiger partial charge on any atom is 0.160 e. The first-order chi connectivity index (χ1) is 6.61. The van der Waals surface area contributed by atoms with Gasteiger partial charge in [0.05, 0.1) is 12.1 Å². The maximum atomic E-state index is 11.2. The van der Waals surface area contributed by atoms with E-state index >= 15 is 0 Å². The first kappa shape index (κ1) is 10.7. The number of Topliss-reactive ketones (excluding diaryl/α,β-unsaturated/α-hetero) is 1. The molecule has 1 aromatic carbocycles. The number of nitrogens with one attached hydrogen (secondary N) is 1. The standard InChI is InChI=1S/C10H10ClNO2/c1-6(13)7-3-4-9(14-2)10(11)8(7)5-12/h3-5,12H,1-2H3. The van der Waals surface area contributed by atoms with Gasteiger partial charge in [-0.2, -0.15) is 0 Å². The summed E-state index contributed by atoms with van der Waals surface area (Å²) in [6.45, 7) is 1.44. The molecule has 0 unspecified atom stereocenters. The number of carbonyl (C=O) groups excluding carboxylic acids is 1. The van der Waals surface area contributed by atoms with Crippen LogP contribution in [0.15, 0.2) is 12.1 Å². The lowest BCUT2D eigenvalue weighted by Gasteiger charge is -2.08. The molecule has 0 radical (unpaired) electrons. The highest BCUT2D eigenvalue weighted by Crippen LogP contribution is 2.29. The Morgan fingerprint density at radius 2 is 2.21 bits per heavy atom. The molecule has 0 bridgehead atoms. The average Bonchev–Trinajstić information content (AvgIpc) is 2.17. The fraction of sp³-hybridized carbons (Fsp3) is 0.200. The second-order valence-electron chi connectivity index (χ2n) is 2.74. The summed E-state index contributed by atoms with van der Waals surface area (Å²) in [6, 6.07) is 3.22. The van der Waals surface area contributed by atoms with E-state index in [1.54, 1.807) is 12.1 Å². The molecule has 74 valence electrons. The van der Waals surface area contributed by atoms with Crippen LogP contribution in [0.4, 0.5) is 0 Å². The van der Waals surface area contributed by atoms with Crippen molar-refractivity contribution in [2.45, 2.75) is 6.92 Å². The molecule has 0 heterocycles. The summed E-state index contributed by atoms with van der Waals surface area (Å²) in [5, 5.41) is 7.47. The summed E-state index contributed by atoms with van der Waals surface area (Å²) in [6.07, 6.45) is 1.06. The molecule has 14 heavy (non-hydrogen) atoms. The van der Waals surface area contributed by atoms with Gasteiger partial charge in [-0.15, -0.1) is 0 Å². The van der Waals surface area contributed by atoms with Crippen molar-refractivity contribution >= 4 is 23.6 Å². The third-order valence-electron chi connectivity index (χ3n) is 1.89. The number of hydrogen-bond acceptors (Lipinski definition) is 3. The largest absolute Gasteiger partial charge is 0.495 e. The average molecular weight is 212 g/mol. The molecule has 0 fully saturated rings. The molecular formula is C10H10ClNO2. The number of ether oxygens (including phenoxy) is 1. The van der Waals surface area contributed by atoms with Gasteiger partial charge in [-0.3, -0.25) is 4.79 Å². The maximum absolute atomic E-state index is 11.2. The predicted octanol–water partition coefficient (Wildman–Crippen LogP) is 2.55. The smallest absolute Gasteiger partial charge is 0.160 e. The van der Waals surface area contributed by atoms with Crippen molar-refractivity contribution in [2.24, 2.45) is 0 Å². The van der Waals surface area contributed by atoms with E-state index in [0.29, 0.717) is 21.9 Å². The van der Waals surface area contributed by atoms with Gasteiger partial charge in [0.2, 0.25) is 0 Å². The Morgan fingerprint density at radius 1 is 1.57 bits per heavy atom. The molecule has 0 saturated heterocycles. The minimum atomic E-state index is -0.118. The van der Waals surface area contributed by atoms with Crippen LogP contribution < -0.4 is 4.74 Å². The molecule has 0 amide bonds. The molecule has 0 saturated carbocycles. The van der Waals surface area contributed by atoms with Gasteiger partial charge < -0.3 is 10.1 Å². The Balaban J connectivity index is 3.43. The fourth-order valence-corrected chi connectivity index (χ4v) is 1.48. The molecule has 1 N–H and O–H groups in total. The Morgan fingerprint density at radius 3 is 2.64 bits per heavy atom. The summed E-state index contributed by atoms with van der Waals surface area (Å²) in [4.78, 5) is 11.2. The van der Waals surface area contributed by atoms with Crippen molar-refractivity contribution < 1.29 is 9.53 Å². The van der Waals surface area contributed by atoms with Crippen molar-refractivity contribution in [3.63, 3.8) is 0 Å². The van der Waals surface area contributed by atoms with E-state index in [-0.39, 0.29) is 5.78 Å². The van der Waals surface area contributed by atoms with Gasteiger partial charge >= 0.3 is 0 Å². The third kappa shape index (κ3) is 1.77. The molecule has 1 aromatic rings. The first-order valence-electron chi connectivity index (χ1n) is 3.99. The van der Waals surface area contributed by atoms with Crippen LogP contribution in [0, 0.1) is 5.41 Å². The van der Waals surface area contributed by atoms with Crippen molar-refractivity contribution in [1.29, 1.82) is 5.41 Å². The van der Waals surface area contributed by atoms with E-state index in [0.717, 1.165) is 6.21 Å². The SMILES string of the molecule is COc1ccc(C(C)=O)c(C=N)c1Cl. The van der Waals surface area contributed by atoms with Crippen LogP contribution in [-0.4, -0.2) is 19.1 Å². The molecule has 0 aliphatic heterocycles. The van der Waals surface area contributed by atoms with Gasteiger partial charge in [0.15, 0.2) is 5.78 Å². The second-order valence-corrected chi connectivity index (χ2v) is 3.12.